The maximum absolute atomic E-state index is 12.5. The van der Waals surface area contributed by atoms with Gasteiger partial charge in [-0.1, -0.05) is 42.5 Å². The van der Waals surface area contributed by atoms with Crippen LogP contribution in [-0.2, 0) is 10.0 Å². The van der Waals surface area contributed by atoms with Gasteiger partial charge in [0.1, 0.15) is 5.82 Å². The summed E-state index contributed by atoms with van der Waals surface area (Å²) in [5.74, 6) is 1.20. The average molecular weight is 412 g/mol. The van der Waals surface area contributed by atoms with Crippen LogP contribution >= 0.6 is 0 Å². The van der Waals surface area contributed by atoms with Gasteiger partial charge in [0, 0.05) is 31.4 Å². The fraction of sp³-hybridized carbons (Fsp3) is 0.238. The molecule has 2 aromatic carbocycles. The summed E-state index contributed by atoms with van der Waals surface area (Å²) >= 11 is 0. The summed E-state index contributed by atoms with van der Waals surface area (Å²) in [5.41, 5.74) is 2.85. The normalized spacial score (nSPS) is 11.2. The van der Waals surface area contributed by atoms with Crippen LogP contribution in [0.3, 0.4) is 0 Å². The first-order valence-electron chi connectivity index (χ1n) is 9.46. The highest BCUT2D eigenvalue weighted by molar-refractivity contribution is 7.89. The number of nitrogens with one attached hydrogen (secondary N) is 3. The predicted molar refractivity (Wildman–Crippen MR) is 116 cm³/mol. The summed E-state index contributed by atoms with van der Waals surface area (Å²) in [4.78, 5) is 8.87. The van der Waals surface area contributed by atoms with Crippen LogP contribution < -0.4 is 15.4 Å². The van der Waals surface area contributed by atoms with E-state index in [1.165, 1.54) is 0 Å². The van der Waals surface area contributed by atoms with Crippen molar-refractivity contribution < 1.29 is 8.42 Å². The SMILES string of the molecule is CCNc1nc(C)cc(NCCNS(=O)(=O)c2ccc(-c3ccccc3)cc2)n1. The van der Waals surface area contributed by atoms with Gasteiger partial charge >= 0.3 is 0 Å². The largest absolute Gasteiger partial charge is 0.369 e. The Morgan fingerprint density at radius 3 is 2.24 bits per heavy atom. The molecule has 152 valence electrons. The third-order valence-corrected chi connectivity index (χ3v) is 5.66. The summed E-state index contributed by atoms with van der Waals surface area (Å²) in [7, 11) is -3.57. The number of aryl methyl sites for hydroxylation is 1. The van der Waals surface area contributed by atoms with Gasteiger partial charge in [0.25, 0.3) is 0 Å². The molecule has 0 saturated heterocycles. The summed E-state index contributed by atoms with van der Waals surface area (Å²) < 4.78 is 27.6. The van der Waals surface area contributed by atoms with Crippen molar-refractivity contribution in [3.8, 4) is 11.1 Å². The van der Waals surface area contributed by atoms with Crippen LogP contribution in [0.2, 0.25) is 0 Å². The predicted octanol–water partition coefficient (Wildman–Crippen LogP) is 3.27. The van der Waals surface area contributed by atoms with Crippen LogP contribution in [0.15, 0.2) is 65.6 Å². The van der Waals surface area contributed by atoms with Gasteiger partial charge in [-0.05, 0) is 37.1 Å². The summed E-state index contributed by atoms with van der Waals surface area (Å²) in [6.07, 6.45) is 0. The van der Waals surface area contributed by atoms with Gasteiger partial charge in [-0.15, -0.1) is 0 Å². The van der Waals surface area contributed by atoms with Gasteiger partial charge in [0.05, 0.1) is 4.90 Å². The molecule has 3 aromatic rings. The van der Waals surface area contributed by atoms with E-state index in [9.17, 15) is 8.42 Å². The second kappa shape index (κ2) is 9.49. The fourth-order valence-corrected chi connectivity index (χ4v) is 3.84. The molecule has 8 heteroatoms. The molecular weight excluding hydrogens is 386 g/mol. The summed E-state index contributed by atoms with van der Waals surface area (Å²) in [6.45, 7) is 5.23. The zero-order valence-corrected chi connectivity index (χ0v) is 17.3. The summed E-state index contributed by atoms with van der Waals surface area (Å²) in [5, 5.41) is 6.19. The van der Waals surface area contributed by atoms with E-state index in [1.54, 1.807) is 12.1 Å². The topological polar surface area (TPSA) is 96.0 Å². The van der Waals surface area contributed by atoms with E-state index in [0.29, 0.717) is 18.3 Å². The molecule has 3 rings (SSSR count). The highest BCUT2D eigenvalue weighted by Gasteiger charge is 2.13. The molecule has 0 spiro atoms. The lowest BCUT2D eigenvalue weighted by Crippen LogP contribution is -2.29. The van der Waals surface area contributed by atoms with Crippen LogP contribution in [-0.4, -0.2) is 38.0 Å². The molecule has 0 aliphatic heterocycles. The average Bonchev–Trinajstić information content (AvgIpc) is 2.72. The van der Waals surface area contributed by atoms with Crippen LogP contribution in [0.1, 0.15) is 12.6 Å². The van der Waals surface area contributed by atoms with Crippen LogP contribution in [0.25, 0.3) is 11.1 Å². The molecule has 29 heavy (non-hydrogen) atoms. The molecule has 0 radical (unpaired) electrons. The van der Waals surface area contributed by atoms with Gasteiger partial charge in [0.2, 0.25) is 16.0 Å². The van der Waals surface area contributed by atoms with Gasteiger partial charge in [0.15, 0.2) is 0 Å². The number of hydrogen-bond donors (Lipinski definition) is 3. The van der Waals surface area contributed by atoms with Crippen LogP contribution in [0.5, 0.6) is 0 Å². The molecule has 1 heterocycles. The monoisotopic (exact) mass is 411 g/mol. The fourth-order valence-electron chi connectivity index (χ4n) is 2.81. The van der Waals surface area contributed by atoms with E-state index in [2.05, 4.69) is 25.3 Å². The Morgan fingerprint density at radius 2 is 1.55 bits per heavy atom. The summed E-state index contributed by atoms with van der Waals surface area (Å²) in [6, 6.07) is 18.5. The number of sulfonamides is 1. The van der Waals surface area contributed by atoms with Crippen molar-refractivity contribution in [1.29, 1.82) is 0 Å². The Balaban J connectivity index is 1.56. The Morgan fingerprint density at radius 1 is 0.862 bits per heavy atom. The first-order valence-corrected chi connectivity index (χ1v) is 10.9. The third kappa shape index (κ3) is 5.75. The van der Waals surface area contributed by atoms with Crippen LogP contribution in [0.4, 0.5) is 11.8 Å². The highest BCUT2D eigenvalue weighted by atomic mass is 32.2. The minimum absolute atomic E-state index is 0.238. The van der Waals surface area contributed by atoms with Crippen LogP contribution in [0, 0.1) is 6.92 Å². The molecule has 3 N–H and O–H groups in total. The second-order valence-electron chi connectivity index (χ2n) is 6.46. The smallest absolute Gasteiger partial charge is 0.240 e. The van der Waals surface area contributed by atoms with Gasteiger partial charge in [-0.25, -0.2) is 18.1 Å². The lowest BCUT2D eigenvalue weighted by Gasteiger charge is -2.10. The molecular formula is C21H25N5O2S. The standard InChI is InChI=1S/C21H25N5O2S/c1-3-22-21-25-16(2)15-20(26-21)23-13-14-24-29(27,28)19-11-9-18(10-12-19)17-7-5-4-6-8-17/h4-12,15,24H,3,13-14H2,1-2H3,(H2,22,23,25,26). The second-order valence-corrected chi connectivity index (χ2v) is 8.23. The van der Waals surface area contributed by atoms with Crippen molar-refractivity contribution in [1.82, 2.24) is 14.7 Å². The maximum Gasteiger partial charge on any atom is 0.240 e. The number of nitrogens with zero attached hydrogens (tertiary/aromatic N) is 2. The number of benzene rings is 2. The Hall–Kier alpha value is -2.97. The molecule has 0 fully saturated rings. The molecule has 0 unspecified atom stereocenters. The molecule has 0 amide bonds. The van der Waals surface area contributed by atoms with Crippen molar-refractivity contribution >= 4 is 21.8 Å². The van der Waals surface area contributed by atoms with Crippen molar-refractivity contribution in [2.75, 3.05) is 30.3 Å². The highest BCUT2D eigenvalue weighted by Crippen LogP contribution is 2.20. The molecule has 7 nitrogen and oxygen atoms in total. The Kier molecular flexibility index (Phi) is 6.79. The molecule has 0 atom stereocenters. The Bertz CT molecular complexity index is 1040. The first kappa shape index (κ1) is 20.8. The zero-order valence-electron chi connectivity index (χ0n) is 16.5. The minimum atomic E-state index is -3.57. The van der Waals surface area contributed by atoms with E-state index in [0.717, 1.165) is 23.4 Å². The van der Waals surface area contributed by atoms with E-state index >= 15 is 0 Å². The van der Waals surface area contributed by atoms with Crippen molar-refractivity contribution in [3.05, 3.63) is 66.4 Å². The molecule has 1 aromatic heterocycles. The van der Waals surface area contributed by atoms with Crippen molar-refractivity contribution in [3.63, 3.8) is 0 Å². The molecule has 0 saturated carbocycles. The van der Waals surface area contributed by atoms with Crippen molar-refractivity contribution in [2.24, 2.45) is 0 Å². The zero-order chi connectivity index (χ0) is 20.7. The number of aromatic nitrogens is 2. The third-order valence-electron chi connectivity index (χ3n) is 4.18. The lowest BCUT2D eigenvalue weighted by atomic mass is 10.1. The maximum atomic E-state index is 12.5. The Labute approximate surface area is 171 Å². The van der Waals surface area contributed by atoms with Gasteiger partial charge < -0.3 is 10.6 Å². The van der Waals surface area contributed by atoms with E-state index in [1.807, 2.05) is 62.4 Å². The van der Waals surface area contributed by atoms with E-state index in [4.69, 9.17) is 0 Å². The van der Waals surface area contributed by atoms with Gasteiger partial charge in [-0.3, -0.25) is 0 Å². The number of rotatable bonds is 9. The number of hydrogen-bond acceptors (Lipinski definition) is 6. The molecule has 0 aliphatic rings. The number of anilines is 2. The van der Waals surface area contributed by atoms with E-state index in [-0.39, 0.29) is 11.4 Å². The quantitative estimate of drug-likeness (QED) is 0.468. The first-order chi connectivity index (χ1) is 14.0. The van der Waals surface area contributed by atoms with Gasteiger partial charge in [-0.2, -0.15) is 4.98 Å². The molecule has 0 bridgehead atoms. The lowest BCUT2D eigenvalue weighted by molar-refractivity contribution is 0.583. The van der Waals surface area contributed by atoms with E-state index < -0.39 is 10.0 Å². The van der Waals surface area contributed by atoms with Crippen molar-refractivity contribution in [2.45, 2.75) is 18.7 Å². The molecule has 0 aliphatic carbocycles. The minimum Gasteiger partial charge on any atom is -0.369 e.